The van der Waals surface area contributed by atoms with Gasteiger partial charge in [-0.15, -0.1) is 0 Å². The Morgan fingerprint density at radius 1 is 1.14 bits per heavy atom. The first-order valence-corrected chi connectivity index (χ1v) is 10.5. The van der Waals surface area contributed by atoms with Crippen LogP contribution in [0.2, 0.25) is 0 Å². The number of nitrogens with one attached hydrogen (secondary N) is 1. The number of anilines is 1. The van der Waals surface area contributed by atoms with Gasteiger partial charge in [0, 0.05) is 5.69 Å². The molecule has 1 N–H and O–H groups in total. The molecule has 0 spiro atoms. The first-order valence-electron chi connectivity index (χ1n) is 9.66. The number of hydrogen-bond acceptors (Lipinski definition) is 3. The normalized spacial score (nSPS) is 15.1. The third-order valence-electron chi connectivity index (χ3n) is 5.76. The van der Waals surface area contributed by atoms with Gasteiger partial charge in [0.2, 0.25) is 0 Å². The van der Waals surface area contributed by atoms with E-state index in [2.05, 4.69) is 27.3 Å². The number of rotatable bonds is 4. The Balaban J connectivity index is 1.62. The molecule has 29 heavy (non-hydrogen) atoms. The van der Waals surface area contributed by atoms with Crippen LogP contribution in [0.1, 0.15) is 41.6 Å². The van der Waals surface area contributed by atoms with E-state index in [-0.39, 0.29) is 11.3 Å². The maximum absolute atomic E-state index is 13.0. The third kappa shape index (κ3) is 3.49. The number of carbonyl (C=O) groups excluding carboxylic acids is 1. The van der Waals surface area contributed by atoms with Gasteiger partial charge in [-0.3, -0.25) is 4.79 Å². The molecule has 0 aromatic heterocycles. The number of nitriles is 1. The van der Waals surface area contributed by atoms with Gasteiger partial charge in [-0.2, -0.15) is 5.26 Å². The van der Waals surface area contributed by atoms with E-state index >= 15 is 0 Å². The molecule has 0 saturated heterocycles. The van der Waals surface area contributed by atoms with Crippen molar-refractivity contribution in [2.75, 3.05) is 12.4 Å². The molecule has 0 heterocycles. The molecule has 0 bridgehead atoms. The molecule has 4 nitrogen and oxygen atoms in total. The molecular formula is C24H21BrN2O2. The van der Waals surface area contributed by atoms with Gasteiger partial charge in [-0.1, -0.05) is 49.2 Å². The van der Waals surface area contributed by atoms with Crippen LogP contribution in [-0.2, 0) is 5.41 Å². The van der Waals surface area contributed by atoms with Crippen molar-refractivity contribution in [1.29, 1.82) is 5.26 Å². The zero-order chi connectivity index (χ0) is 20.4. The molecule has 1 aliphatic carbocycles. The van der Waals surface area contributed by atoms with E-state index in [1.807, 2.05) is 54.6 Å². The molecule has 3 aromatic carbocycles. The second kappa shape index (κ2) is 7.88. The molecule has 5 heteroatoms. The SMILES string of the molecule is COc1c(C(=O)Nc2ccc(C3(C#N)CCCC3)cc2)cc2ccccc2c1Br. The molecule has 3 aromatic rings. The molecule has 1 fully saturated rings. The number of amides is 1. The number of benzene rings is 3. The number of hydrogen-bond donors (Lipinski definition) is 1. The lowest BCUT2D eigenvalue weighted by Crippen LogP contribution is -2.19. The molecule has 1 aliphatic rings. The second-order valence-corrected chi connectivity index (χ2v) is 8.22. The maximum Gasteiger partial charge on any atom is 0.259 e. The minimum Gasteiger partial charge on any atom is -0.495 e. The van der Waals surface area contributed by atoms with Crippen molar-refractivity contribution < 1.29 is 9.53 Å². The van der Waals surface area contributed by atoms with Crippen molar-refractivity contribution in [1.82, 2.24) is 0 Å². The summed E-state index contributed by atoms with van der Waals surface area (Å²) in [6, 6.07) is 19.8. The largest absolute Gasteiger partial charge is 0.495 e. The maximum atomic E-state index is 13.0. The van der Waals surface area contributed by atoms with Crippen molar-refractivity contribution in [2.24, 2.45) is 0 Å². The fourth-order valence-electron chi connectivity index (χ4n) is 4.17. The summed E-state index contributed by atoms with van der Waals surface area (Å²) in [5, 5.41) is 14.6. The van der Waals surface area contributed by atoms with Gasteiger partial charge in [0.1, 0.15) is 5.75 Å². The Morgan fingerprint density at radius 2 is 1.83 bits per heavy atom. The lowest BCUT2D eigenvalue weighted by molar-refractivity contribution is 0.102. The first-order chi connectivity index (χ1) is 14.1. The summed E-state index contributed by atoms with van der Waals surface area (Å²) >= 11 is 3.57. The van der Waals surface area contributed by atoms with E-state index in [0.29, 0.717) is 17.0 Å². The van der Waals surface area contributed by atoms with Crippen LogP contribution in [0.3, 0.4) is 0 Å². The summed E-state index contributed by atoms with van der Waals surface area (Å²) in [4.78, 5) is 13.0. The summed E-state index contributed by atoms with van der Waals surface area (Å²) in [7, 11) is 1.56. The van der Waals surface area contributed by atoms with E-state index in [0.717, 1.165) is 46.5 Å². The zero-order valence-corrected chi connectivity index (χ0v) is 17.8. The van der Waals surface area contributed by atoms with Crippen LogP contribution >= 0.6 is 15.9 Å². The van der Waals surface area contributed by atoms with Crippen molar-refractivity contribution in [3.63, 3.8) is 0 Å². The van der Waals surface area contributed by atoms with Gasteiger partial charge in [0.05, 0.1) is 28.6 Å². The molecule has 146 valence electrons. The van der Waals surface area contributed by atoms with Crippen LogP contribution in [0.15, 0.2) is 59.1 Å². The summed E-state index contributed by atoms with van der Waals surface area (Å²) in [6.45, 7) is 0. The summed E-state index contributed by atoms with van der Waals surface area (Å²) < 4.78 is 6.27. The molecule has 0 radical (unpaired) electrons. The van der Waals surface area contributed by atoms with Gasteiger partial charge >= 0.3 is 0 Å². The van der Waals surface area contributed by atoms with Crippen molar-refractivity contribution in [2.45, 2.75) is 31.1 Å². The second-order valence-electron chi connectivity index (χ2n) is 7.42. The predicted octanol–water partition coefficient (Wildman–Crippen LogP) is 6.20. The van der Waals surface area contributed by atoms with Crippen molar-refractivity contribution in [3.8, 4) is 11.8 Å². The standard InChI is InChI=1S/C24H21BrN2O2/c1-29-22-20(14-16-6-2-3-7-19(16)21(22)25)23(28)27-18-10-8-17(9-11-18)24(15-26)12-4-5-13-24/h2-3,6-11,14H,4-5,12-13H2,1H3,(H,27,28). The smallest absolute Gasteiger partial charge is 0.259 e. The summed E-state index contributed by atoms with van der Waals surface area (Å²) in [5.74, 6) is 0.268. The quantitative estimate of drug-likeness (QED) is 0.516. The highest BCUT2D eigenvalue weighted by molar-refractivity contribution is 9.10. The monoisotopic (exact) mass is 448 g/mol. The molecule has 1 amide bonds. The molecule has 4 rings (SSSR count). The third-order valence-corrected chi connectivity index (χ3v) is 6.54. The number of halogens is 1. The number of carbonyl (C=O) groups is 1. The fraction of sp³-hybridized carbons (Fsp3) is 0.250. The average molecular weight is 449 g/mol. The number of fused-ring (bicyclic) bond motifs is 1. The lowest BCUT2D eigenvalue weighted by atomic mass is 9.80. The van der Waals surface area contributed by atoms with E-state index in [1.165, 1.54) is 0 Å². The number of ether oxygens (including phenoxy) is 1. The first kappa shape index (κ1) is 19.5. The minimum atomic E-state index is -0.380. The van der Waals surface area contributed by atoms with Crippen LogP contribution in [0.25, 0.3) is 10.8 Å². The Morgan fingerprint density at radius 3 is 2.48 bits per heavy atom. The Labute approximate surface area is 178 Å². The van der Waals surface area contributed by atoms with Gasteiger partial charge in [-0.05, 0) is 63.3 Å². The van der Waals surface area contributed by atoms with E-state index in [4.69, 9.17) is 4.74 Å². The van der Waals surface area contributed by atoms with Crippen LogP contribution in [-0.4, -0.2) is 13.0 Å². The van der Waals surface area contributed by atoms with Gasteiger partial charge in [0.25, 0.3) is 5.91 Å². The Hall–Kier alpha value is -2.84. The van der Waals surface area contributed by atoms with Gasteiger partial charge in [-0.25, -0.2) is 0 Å². The summed E-state index contributed by atoms with van der Waals surface area (Å²) in [5.41, 5.74) is 1.80. The molecule has 1 saturated carbocycles. The van der Waals surface area contributed by atoms with Crippen molar-refractivity contribution in [3.05, 3.63) is 70.2 Å². The predicted molar refractivity (Wildman–Crippen MR) is 118 cm³/mol. The molecular weight excluding hydrogens is 428 g/mol. The van der Waals surface area contributed by atoms with Gasteiger partial charge < -0.3 is 10.1 Å². The van der Waals surface area contributed by atoms with Crippen molar-refractivity contribution >= 4 is 38.3 Å². The minimum absolute atomic E-state index is 0.239. The molecule has 0 aliphatic heterocycles. The van der Waals surface area contributed by atoms with E-state index in [1.54, 1.807) is 7.11 Å². The van der Waals surface area contributed by atoms with E-state index < -0.39 is 0 Å². The van der Waals surface area contributed by atoms with Crippen LogP contribution in [0.4, 0.5) is 5.69 Å². The molecule has 0 atom stereocenters. The highest BCUT2D eigenvalue weighted by Gasteiger charge is 2.35. The van der Waals surface area contributed by atoms with E-state index in [9.17, 15) is 10.1 Å². The fourth-order valence-corrected chi connectivity index (χ4v) is 4.90. The Kier molecular flexibility index (Phi) is 5.29. The molecule has 0 unspecified atom stereocenters. The zero-order valence-electron chi connectivity index (χ0n) is 16.2. The number of methoxy groups -OCH3 is 1. The van der Waals surface area contributed by atoms with Crippen LogP contribution in [0, 0.1) is 11.3 Å². The van der Waals surface area contributed by atoms with Gasteiger partial charge in [0.15, 0.2) is 0 Å². The van der Waals surface area contributed by atoms with Crippen LogP contribution in [0.5, 0.6) is 5.75 Å². The van der Waals surface area contributed by atoms with Crippen LogP contribution < -0.4 is 10.1 Å². The highest BCUT2D eigenvalue weighted by Crippen LogP contribution is 2.41. The average Bonchev–Trinajstić information content (AvgIpc) is 3.24. The Bertz CT molecular complexity index is 1110. The highest BCUT2D eigenvalue weighted by atomic mass is 79.9. The topological polar surface area (TPSA) is 62.1 Å². The lowest BCUT2D eigenvalue weighted by Gasteiger charge is -2.21. The number of nitrogens with zero attached hydrogens (tertiary/aromatic N) is 1. The summed E-state index contributed by atoms with van der Waals surface area (Å²) in [6.07, 6.45) is 3.97.